The van der Waals surface area contributed by atoms with Gasteiger partial charge in [0.15, 0.2) is 0 Å². The lowest BCUT2D eigenvalue weighted by atomic mass is 9.77. The van der Waals surface area contributed by atoms with Crippen molar-refractivity contribution in [2.24, 2.45) is 0 Å². The third-order valence-corrected chi connectivity index (χ3v) is 4.53. The summed E-state index contributed by atoms with van der Waals surface area (Å²) in [6, 6.07) is 0. The van der Waals surface area contributed by atoms with Crippen LogP contribution < -0.4 is 0 Å². The van der Waals surface area contributed by atoms with E-state index in [0.717, 1.165) is 25.7 Å². The third kappa shape index (κ3) is 3.25. The molecule has 1 aliphatic rings. The topological polar surface area (TPSA) is 32.4 Å². The zero-order chi connectivity index (χ0) is 14.2. The Kier molecular flexibility index (Phi) is 4.52. The highest BCUT2D eigenvalue weighted by Gasteiger charge is 2.48. The van der Waals surface area contributed by atoms with Gasteiger partial charge in [0.1, 0.15) is 0 Å². The summed E-state index contributed by atoms with van der Waals surface area (Å²) in [4.78, 5) is 0. The number of ether oxygens (including phenoxy) is 1. The predicted molar refractivity (Wildman–Crippen MR) is 73.8 cm³/mol. The molecular weight excluding hydrogens is 226 g/mol. The number of piperidine rings is 1. The molecule has 18 heavy (non-hydrogen) atoms. The molecule has 1 saturated heterocycles. The van der Waals surface area contributed by atoms with E-state index in [9.17, 15) is 5.21 Å². The van der Waals surface area contributed by atoms with Crippen LogP contribution in [0.25, 0.3) is 0 Å². The van der Waals surface area contributed by atoms with E-state index >= 15 is 0 Å². The van der Waals surface area contributed by atoms with Crippen molar-refractivity contribution >= 4 is 0 Å². The van der Waals surface area contributed by atoms with E-state index in [1.165, 1.54) is 5.06 Å². The molecule has 1 fully saturated rings. The van der Waals surface area contributed by atoms with Crippen LogP contribution in [0.5, 0.6) is 0 Å². The van der Waals surface area contributed by atoms with Gasteiger partial charge >= 0.3 is 0 Å². The number of nitrogens with zero attached hydrogens (tertiary/aromatic N) is 1. The van der Waals surface area contributed by atoms with Gasteiger partial charge in [0.2, 0.25) is 0 Å². The monoisotopic (exact) mass is 256 g/mol. The van der Waals surface area contributed by atoms with Crippen molar-refractivity contribution in [1.82, 2.24) is 5.06 Å². The van der Waals surface area contributed by atoms with Gasteiger partial charge < -0.3 is 4.74 Å². The highest BCUT2D eigenvalue weighted by Crippen LogP contribution is 2.41. The van der Waals surface area contributed by atoms with Crippen LogP contribution in [0, 0.1) is 0 Å². The SMILES string of the molecule is CCC(C)(C)OC1CC(C)(C)N([O])C(C)(CC)C1. The Bertz CT molecular complexity index is 286. The number of hydrogen-bond acceptors (Lipinski definition) is 2. The predicted octanol–water partition coefficient (Wildman–Crippen LogP) is 3.95. The van der Waals surface area contributed by atoms with Crippen molar-refractivity contribution in [3.63, 3.8) is 0 Å². The smallest absolute Gasteiger partial charge is 0.0627 e. The molecule has 3 heteroatoms. The van der Waals surface area contributed by atoms with E-state index < -0.39 is 0 Å². The van der Waals surface area contributed by atoms with E-state index in [2.05, 4.69) is 34.6 Å². The van der Waals surface area contributed by atoms with Gasteiger partial charge in [-0.05, 0) is 60.3 Å². The Morgan fingerprint density at radius 2 is 1.78 bits per heavy atom. The second-order valence-corrected chi connectivity index (χ2v) is 7.22. The Morgan fingerprint density at radius 3 is 2.22 bits per heavy atom. The second kappa shape index (κ2) is 5.10. The van der Waals surface area contributed by atoms with E-state index in [-0.39, 0.29) is 22.8 Å². The number of rotatable bonds is 4. The van der Waals surface area contributed by atoms with Crippen LogP contribution in [0.15, 0.2) is 0 Å². The molecule has 0 spiro atoms. The quantitative estimate of drug-likeness (QED) is 0.763. The average molecular weight is 256 g/mol. The van der Waals surface area contributed by atoms with E-state index in [1.807, 2.05) is 13.8 Å². The van der Waals surface area contributed by atoms with Crippen LogP contribution in [-0.2, 0) is 9.94 Å². The van der Waals surface area contributed by atoms with Gasteiger partial charge in [0.25, 0.3) is 0 Å². The molecule has 1 aliphatic heterocycles. The largest absolute Gasteiger partial charge is 0.372 e. The maximum Gasteiger partial charge on any atom is 0.0627 e. The molecular formula is C15H30NO2. The fourth-order valence-corrected chi connectivity index (χ4v) is 2.92. The molecule has 1 heterocycles. The van der Waals surface area contributed by atoms with E-state index in [4.69, 9.17) is 4.74 Å². The lowest BCUT2D eigenvalue weighted by Gasteiger charge is -2.52. The van der Waals surface area contributed by atoms with Crippen LogP contribution in [-0.4, -0.2) is 27.8 Å². The zero-order valence-electron chi connectivity index (χ0n) is 13.2. The molecule has 0 saturated carbocycles. The molecule has 2 unspecified atom stereocenters. The van der Waals surface area contributed by atoms with Crippen molar-refractivity contribution in [1.29, 1.82) is 0 Å². The molecule has 0 amide bonds. The van der Waals surface area contributed by atoms with Gasteiger partial charge in [0.05, 0.1) is 11.7 Å². The molecule has 1 radical (unpaired) electrons. The number of hydrogen-bond donors (Lipinski definition) is 0. The molecule has 1 rings (SSSR count). The summed E-state index contributed by atoms with van der Waals surface area (Å²) < 4.78 is 6.24. The van der Waals surface area contributed by atoms with Crippen molar-refractivity contribution in [2.45, 2.75) is 96.9 Å². The van der Waals surface area contributed by atoms with Crippen molar-refractivity contribution in [2.75, 3.05) is 0 Å². The summed E-state index contributed by atoms with van der Waals surface area (Å²) in [5, 5.41) is 13.7. The Morgan fingerprint density at radius 1 is 1.22 bits per heavy atom. The average Bonchev–Trinajstić information content (AvgIpc) is 2.25. The first-order chi connectivity index (χ1) is 8.06. The van der Waals surface area contributed by atoms with Gasteiger partial charge in [-0.3, -0.25) is 0 Å². The van der Waals surface area contributed by atoms with Crippen molar-refractivity contribution < 1.29 is 9.94 Å². The fraction of sp³-hybridized carbons (Fsp3) is 1.00. The first-order valence-corrected chi connectivity index (χ1v) is 7.21. The van der Waals surface area contributed by atoms with E-state index in [0.29, 0.717) is 0 Å². The standard InChI is InChI=1S/C15H30NO2/c1-8-14(5,6)18-12-10-13(3,4)16(17)15(7,9-2)11-12/h12H,8-11H2,1-7H3. The summed E-state index contributed by atoms with van der Waals surface area (Å²) in [5.74, 6) is 0. The molecule has 0 N–H and O–H groups in total. The summed E-state index contributed by atoms with van der Waals surface area (Å²) in [6.45, 7) is 14.6. The van der Waals surface area contributed by atoms with Gasteiger partial charge in [0, 0.05) is 11.1 Å². The van der Waals surface area contributed by atoms with Crippen LogP contribution in [0.1, 0.15) is 74.1 Å². The lowest BCUT2D eigenvalue weighted by Crippen LogP contribution is -2.61. The maximum absolute atomic E-state index is 12.4. The molecule has 0 aliphatic carbocycles. The van der Waals surface area contributed by atoms with Crippen LogP contribution in [0.2, 0.25) is 0 Å². The summed E-state index contributed by atoms with van der Waals surface area (Å²) in [6.07, 6.45) is 3.69. The highest BCUT2D eigenvalue weighted by molar-refractivity contribution is 4.98. The maximum atomic E-state index is 12.4. The van der Waals surface area contributed by atoms with E-state index in [1.54, 1.807) is 0 Å². The van der Waals surface area contributed by atoms with Crippen molar-refractivity contribution in [3.8, 4) is 0 Å². The molecule has 0 aromatic carbocycles. The van der Waals surface area contributed by atoms with Crippen LogP contribution in [0.3, 0.4) is 0 Å². The molecule has 2 atom stereocenters. The molecule has 0 aromatic rings. The Hall–Kier alpha value is -0.120. The Balaban J connectivity index is 2.86. The summed E-state index contributed by atoms with van der Waals surface area (Å²) in [5.41, 5.74) is -0.728. The first kappa shape index (κ1) is 15.9. The number of hydroxylamine groups is 2. The van der Waals surface area contributed by atoms with Gasteiger partial charge in [-0.15, -0.1) is 10.3 Å². The van der Waals surface area contributed by atoms with Gasteiger partial charge in [-0.2, -0.15) is 0 Å². The molecule has 0 aromatic heterocycles. The van der Waals surface area contributed by atoms with Gasteiger partial charge in [-0.25, -0.2) is 0 Å². The highest BCUT2D eigenvalue weighted by atomic mass is 16.5. The summed E-state index contributed by atoms with van der Waals surface area (Å²) >= 11 is 0. The molecule has 3 nitrogen and oxygen atoms in total. The van der Waals surface area contributed by atoms with Crippen LogP contribution in [0.4, 0.5) is 0 Å². The summed E-state index contributed by atoms with van der Waals surface area (Å²) in [7, 11) is 0. The first-order valence-electron chi connectivity index (χ1n) is 7.21. The fourth-order valence-electron chi connectivity index (χ4n) is 2.92. The molecule has 0 bridgehead atoms. The lowest BCUT2D eigenvalue weighted by molar-refractivity contribution is -0.311. The van der Waals surface area contributed by atoms with Gasteiger partial charge in [-0.1, -0.05) is 13.8 Å². The minimum Gasteiger partial charge on any atom is -0.372 e. The Labute approximate surface area is 112 Å². The minimum absolute atomic E-state index is 0.0968. The minimum atomic E-state index is -0.336. The van der Waals surface area contributed by atoms with Crippen LogP contribution >= 0.6 is 0 Å². The normalized spacial score (nSPS) is 33.7. The van der Waals surface area contributed by atoms with Crippen molar-refractivity contribution in [3.05, 3.63) is 0 Å². The second-order valence-electron chi connectivity index (χ2n) is 7.22. The zero-order valence-corrected chi connectivity index (χ0v) is 13.2. The third-order valence-electron chi connectivity index (χ3n) is 4.53. The molecule has 107 valence electrons.